The number of halogens is 1. The molecule has 3 aliphatic heterocycles. The van der Waals surface area contributed by atoms with Gasteiger partial charge in [-0.2, -0.15) is 4.98 Å². The van der Waals surface area contributed by atoms with Gasteiger partial charge in [0.05, 0.1) is 11.2 Å². The lowest BCUT2D eigenvalue weighted by atomic mass is 9.71. The second-order valence-corrected chi connectivity index (χ2v) is 11.6. The summed E-state index contributed by atoms with van der Waals surface area (Å²) in [7, 11) is 0. The summed E-state index contributed by atoms with van der Waals surface area (Å²) in [4.78, 5) is 29.2. The number of nitrogens with one attached hydrogen (secondary N) is 2. The van der Waals surface area contributed by atoms with E-state index in [0.29, 0.717) is 23.2 Å². The number of amides is 1. The van der Waals surface area contributed by atoms with Gasteiger partial charge in [-0.25, -0.2) is 9.97 Å². The SMILES string of the molecule is C[C@H]1CNc2c(sc3ccc4nc(Oc5nc(Cl)ncc5CN5CC6CC(C6)C5)ccc4c23)C(=O)N1. The van der Waals surface area contributed by atoms with Crippen molar-refractivity contribution in [2.45, 2.75) is 32.4 Å². The molecule has 1 aromatic carbocycles. The summed E-state index contributed by atoms with van der Waals surface area (Å²) in [6.07, 6.45) is 4.48. The molecule has 2 saturated heterocycles. The van der Waals surface area contributed by atoms with Gasteiger partial charge in [0.15, 0.2) is 0 Å². The number of thiophene rings is 1. The van der Waals surface area contributed by atoms with Crippen LogP contribution in [-0.2, 0) is 6.54 Å². The van der Waals surface area contributed by atoms with Crippen molar-refractivity contribution in [1.29, 1.82) is 0 Å². The van der Waals surface area contributed by atoms with Gasteiger partial charge in [-0.05, 0) is 61.4 Å². The second-order valence-electron chi connectivity index (χ2n) is 10.2. The topological polar surface area (TPSA) is 92.3 Å². The molecule has 10 heteroatoms. The molecule has 1 aliphatic carbocycles. The Balaban J connectivity index is 1.22. The largest absolute Gasteiger partial charge is 0.420 e. The van der Waals surface area contributed by atoms with Crippen molar-refractivity contribution in [2.24, 2.45) is 11.8 Å². The summed E-state index contributed by atoms with van der Waals surface area (Å²) in [6.45, 7) is 5.62. The monoisotopic (exact) mass is 520 g/mol. The van der Waals surface area contributed by atoms with Crippen LogP contribution < -0.4 is 15.4 Å². The van der Waals surface area contributed by atoms with Gasteiger partial charge < -0.3 is 15.4 Å². The lowest BCUT2D eigenvalue weighted by Crippen LogP contribution is -2.48. The number of rotatable bonds is 4. The zero-order chi connectivity index (χ0) is 24.4. The van der Waals surface area contributed by atoms with Crippen molar-refractivity contribution < 1.29 is 9.53 Å². The van der Waals surface area contributed by atoms with Crippen molar-refractivity contribution in [1.82, 2.24) is 25.2 Å². The number of ether oxygens (including phenoxy) is 1. The maximum atomic E-state index is 12.7. The summed E-state index contributed by atoms with van der Waals surface area (Å²) in [5, 5.41) is 8.64. The van der Waals surface area contributed by atoms with Crippen LogP contribution in [-0.4, -0.2) is 51.4 Å². The normalized spacial score (nSPS) is 23.5. The van der Waals surface area contributed by atoms with Crippen molar-refractivity contribution in [3.05, 3.63) is 46.2 Å². The van der Waals surface area contributed by atoms with Gasteiger partial charge in [0.25, 0.3) is 5.91 Å². The molecule has 1 atom stereocenters. The number of carbonyl (C=O) groups excluding carboxylic acids is 1. The molecule has 3 fully saturated rings. The molecule has 4 aliphatic rings. The van der Waals surface area contributed by atoms with E-state index in [1.165, 1.54) is 24.2 Å². The highest BCUT2D eigenvalue weighted by molar-refractivity contribution is 7.21. The second kappa shape index (κ2) is 8.54. The summed E-state index contributed by atoms with van der Waals surface area (Å²) in [5.74, 6) is 2.48. The van der Waals surface area contributed by atoms with E-state index in [1.807, 2.05) is 31.2 Å². The zero-order valence-electron chi connectivity index (χ0n) is 19.8. The molecule has 3 aromatic heterocycles. The first-order valence-corrected chi connectivity index (χ1v) is 13.5. The summed E-state index contributed by atoms with van der Waals surface area (Å²) in [5.41, 5.74) is 2.57. The molecular weight excluding hydrogens is 496 g/mol. The fourth-order valence-corrected chi connectivity index (χ4v) is 7.00. The first-order chi connectivity index (χ1) is 17.5. The van der Waals surface area contributed by atoms with E-state index in [4.69, 9.17) is 21.3 Å². The number of anilines is 1. The number of hydrogen-bond acceptors (Lipinski definition) is 8. The number of nitrogens with zero attached hydrogens (tertiary/aromatic N) is 4. The van der Waals surface area contributed by atoms with E-state index >= 15 is 0 Å². The van der Waals surface area contributed by atoms with Crippen LogP contribution in [0.3, 0.4) is 0 Å². The predicted molar refractivity (Wildman–Crippen MR) is 141 cm³/mol. The van der Waals surface area contributed by atoms with E-state index in [-0.39, 0.29) is 17.2 Å². The quantitative estimate of drug-likeness (QED) is 0.363. The molecule has 8 rings (SSSR count). The number of fused-ring (bicyclic) bond motifs is 7. The Kier molecular flexibility index (Phi) is 5.27. The van der Waals surface area contributed by atoms with Gasteiger partial charge in [0.2, 0.25) is 17.0 Å². The van der Waals surface area contributed by atoms with Crippen LogP contribution >= 0.6 is 22.9 Å². The van der Waals surface area contributed by atoms with Crippen LogP contribution in [0.15, 0.2) is 30.5 Å². The molecule has 2 N–H and O–H groups in total. The van der Waals surface area contributed by atoms with Crippen LogP contribution in [0.4, 0.5) is 5.69 Å². The van der Waals surface area contributed by atoms with Gasteiger partial charge in [0.1, 0.15) is 4.88 Å². The maximum absolute atomic E-state index is 12.7. The first kappa shape index (κ1) is 22.2. The minimum atomic E-state index is -0.0380. The number of piperidine rings is 2. The molecule has 0 unspecified atom stereocenters. The number of pyridine rings is 1. The molecule has 36 heavy (non-hydrogen) atoms. The minimum absolute atomic E-state index is 0.0380. The number of benzene rings is 1. The standard InChI is InChI=1S/C26H25ClN6O2S/c1-13-8-28-22-21-17-2-5-20(31-18(17)3-4-19(21)36-23(22)24(34)30-13)35-25-16(9-29-26(27)32-25)12-33-10-14-6-15(7-14)11-33/h2-5,9,13-15,28H,6-8,10-12H2,1H3,(H,30,34)/t13-,14?,15?/m0/s1. The number of hydrogen-bond donors (Lipinski definition) is 2. The van der Waals surface area contributed by atoms with E-state index in [1.54, 1.807) is 6.20 Å². The molecule has 184 valence electrons. The Morgan fingerprint density at radius 2 is 2.00 bits per heavy atom. The Bertz CT molecular complexity index is 1510. The Labute approximate surface area is 217 Å². The van der Waals surface area contributed by atoms with Crippen molar-refractivity contribution in [3.63, 3.8) is 0 Å². The number of carbonyl (C=O) groups is 1. The zero-order valence-corrected chi connectivity index (χ0v) is 21.3. The fourth-order valence-electron chi connectivity index (χ4n) is 5.78. The molecule has 2 bridgehead atoms. The highest BCUT2D eigenvalue weighted by Crippen LogP contribution is 2.42. The van der Waals surface area contributed by atoms with Crippen LogP contribution in [0.1, 0.15) is 35.0 Å². The van der Waals surface area contributed by atoms with E-state index in [0.717, 1.165) is 63.7 Å². The molecule has 4 aromatic rings. The number of aromatic nitrogens is 3. The molecule has 6 heterocycles. The minimum Gasteiger partial charge on any atom is -0.420 e. The summed E-state index contributed by atoms with van der Waals surface area (Å²) < 4.78 is 7.23. The molecule has 1 amide bonds. The van der Waals surface area contributed by atoms with Gasteiger partial charge in [-0.3, -0.25) is 9.69 Å². The van der Waals surface area contributed by atoms with Crippen LogP contribution in [0.25, 0.3) is 21.0 Å². The Hall–Kier alpha value is -3.01. The predicted octanol–water partition coefficient (Wildman–Crippen LogP) is 5.07. The molecule has 0 spiro atoms. The van der Waals surface area contributed by atoms with E-state index < -0.39 is 0 Å². The highest BCUT2D eigenvalue weighted by Gasteiger charge is 2.37. The van der Waals surface area contributed by atoms with Crippen LogP contribution in [0.5, 0.6) is 11.8 Å². The Morgan fingerprint density at radius 3 is 2.83 bits per heavy atom. The molecule has 8 nitrogen and oxygen atoms in total. The average Bonchev–Trinajstić information content (AvgIpc) is 3.16. The third-order valence-corrected chi connectivity index (χ3v) is 8.76. The third-order valence-electron chi connectivity index (χ3n) is 7.42. The smallest absolute Gasteiger partial charge is 0.263 e. The Morgan fingerprint density at radius 1 is 1.17 bits per heavy atom. The van der Waals surface area contributed by atoms with Gasteiger partial charge in [-0.15, -0.1) is 11.3 Å². The van der Waals surface area contributed by atoms with Crippen molar-refractivity contribution >= 4 is 55.5 Å². The van der Waals surface area contributed by atoms with Crippen LogP contribution in [0.2, 0.25) is 5.28 Å². The lowest BCUT2D eigenvalue weighted by Gasteiger charge is -2.47. The third kappa shape index (κ3) is 3.86. The van der Waals surface area contributed by atoms with Gasteiger partial charge >= 0.3 is 0 Å². The van der Waals surface area contributed by atoms with Crippen molar-refractivity contribution in [2.75, 3.05) is 25.0 Å². The lowest BCUT2D eigenvalue weighted by molar-refractivity contribution is 0.0223. The van der Waals surface area contributed by atoms with E-state index in [2.05, 4.69) is 25.5 Å². The molecule has 0 radical (unpaired) electrons. The van der Waals surface area contributed by atoms with E-state index in [9.17, 15) is 4.79 Å². The average molecular weight is 521 g/mol. The van der Waals surface area contributed by atoms with Gasteiger partial charge in [0, 0.05) is 65.5 Å². The maximum Gasteiger partial charge on any atom is 0.263 e. The van der Waals surface area contributed by atoms with Crippen molar-refractivity contribution in [3.8, 4) is 11.8 Å². The highest BCUT2D eigenvalue weighted by atomic mass is 35.5. The van der Waals surface area contributed by atoms with Crippen LogP contribution in [0, 0.1) is 11.8 Å². The summed E-state index contributed by atoms with van der Waals surface area (Å²) in [6, 6.07) is 7.89. The fraction of sp³-hybridized carbons (Fsp3) is 0.385. The molecule has 1 saturated carbocycles. The molecular formula is C26H25ClN6O2S. The first-order valence-electron chi connectivity index (χ1n) is 12.3. The van der Waals surface area contributed by atoms with Gasteiger partial charge in [-0.1, -0.05) is 0 Å². The summed E-state index contributed by atoms with van der Waals surface area (Å²) >= 11 is 7.63.